The third kappa shape index (κ3) is 6.60. The number of Topliss-reactive ketones (excluding diaryl/α,β-unsaturated/α-hetero) is 1. The maximum atomic E-state index is 13.0. The number of ketones is 1. The number of nitrogens with one attached hydrogen (secondary N) is 2. The van der Waals surface area contributed by atoms with Crippen LogP contribution in [-0.2, 0) is 14.8 Å². The van der Waals surface area contributed by atoms with Gasteiger partial charge >= 0.3 is 0 Å². The molecule has 1 aliphatic rings. The van der Waals surface area contributed by atoms with E-state index in [9.17, 15) is 18.0 Å². The van der Waals surface area contributed by atoms with Gasteiger partial charge in [-0.25, -0.2) is 8.42 Å². The number of nitrogens with zero attached hydrogens (tertiary/aromatic N) is 1. The normalized spacial score (nSPS) is 15.0. The van der Waals surface area contributed by atoms with Gasteiger partial charge in [0.2, 0.25) is 5.91 Å². The lowest BCUT2D eigenvalue weighted by molar-refractivity contribution is -0.121. The fraction of sp³-hybridized carbons (Fsp3) is 0.375. The summed E-state index contributed by atoms with van der Waals surface area (Å²) in [4.78, 5) is 29.7. The Morgan fingerprint density at radius 3 is 2.71 bits per heavy atom. The highest BCUT2D eigenvalue weighted by atomic mass is 32.2. The number of sulfonamides is 1. The number of rotatable bonds is 12. The Balaban J connectivity index is 1.66. The van der Waals surface area contributed by atoms with Crippen LogP contribution < -0.4 is 14.8 Å². The molecule has 0 saturated carbocycles. The summed E-state index contributed by atoms with van der Waals surface area (Å²) in [7, 11) is -2.48. The van der Waals surface area contributed by atoms with Gasteiger partial charge in [0.25, 0.3) is 10.0 Å². The molecular weight excluding hydrogens is 474 g/mol. The minimum atomic E-state index is -3.97. The van der Waals surface area contributed by atoms with Gasteiger partial charge in [-0.2, -0.15) is 11.8 Å². The summed E-state index contributed by atoms with van der Waals surface area (Å²) in [6.45, 7) is 2.62. The molecule has 0 saturated heterocycles. The quantitative estimate of drug-likeness (QED) is 0.334. The van der Waals surface area contributed by atoms with E-state index in [1.54, 1.807) is 24.3 Å². The number of thioether (sulfide) groups is 1. The van der Waals surface area contributed by atoms with Crippen LogP contribution in [0.4, 0.5) is 11.4 Å². The van der Waals surface area contributed by atoms with Crippen LogP contribution in [0.3, 0.4) is 0 Å². The minimum Gasteiger partial charge on any atom is -0.497 e. The summed E-state index contributed by atoms with van der Waals surface area (Å²) in [6.07, 6.45) is 4.47. The summed E-state index contributed by atoms with van der Waals surface area (Å²) < 4.78 is 33.4. The molecule has 182 valence electrons. The summed E-state index contributed by atoms with van der Waals surface area (Å²) in [5.74, 6) is 0.566. The van der Waals surface area contributed by atoms with Crippen molar-refractivity contribution in [3.63, 3.8) is 0 Å². The van der Waals surface area contributed by atoms with Crippen molar-refractivity contribution in [1.29, 1.82) is 0 Å². The summed E-state index contributed by atoms with van der Waals surface area (Å²) in [5, 5.41) is 2.79. The Bertz CT molecular complexity index is 1160. The van der Waals surface area contributed by atoms with E-state index in [0.717, 1.165) is 24.3 Å². The first-order valence-electron chi connectivity index (χ1n) is 11.1. The molecule has 0 fully saturated rings. The van der Waals surface area contributed by atoms with Crippen LogP contribution in [0.2, 0.25) is 0 Å². The third-order valence-corrected chi connectivity index (χ3v) is 7.73. The zero-order valence-electron chi connectivity index (χ0n) is 19.2. The van der Waals surface area contributed by atoms with Crippen LogP contribution in [-0.4, -0.2) is 51.5 Å². The number of aliphatic imine (C=N–C) groups is 1. The molecule has 0 spiro atoms. The molecule has 1 heterocycles. The largest absolute Gasteiger partial charge is 0.497 e. The molecule has 2 aromatic rings. The minimum absolute atomic E-state index is 0.0946. The zero-order chi connectivity index (χ0) is 24.6. The van der Waals surface area contributed by atoms with E-state index >= 15 is 0 Å². The average molecular weight is 504 g/mol. The number of amides is 1. The predicted octanol–water partition coefficient (Wildman–Crippen LogP) is 4.05. The van der Waals surface area contributed by atoms with E-state index in [2.05, 4.69) is 22.0 Å². The molecule has 1 unspecified atom stereocenters. The van der Waals surface area contributed by atoms with Gasteiger partial charge in [0, 0.05) is 24.4 Å². The highest BCUT2D eigenvalue weighted by Crippen LogP contribution is 2.30. The molecule has 2 aromatic carbocycles. The molecule has 0 aliphatic carbocycles. The number of hydrogen-bond donors (Lipinski definition) is 2. The standard InChI is InChI=1S/C24H29N3O5S2/c1-3-4-12-33-13-6-11-25-24(29)21-16-26-22-10-9-19(15-20(22)23(21)28)34(30,31)27-17-7-5-8-18(14-17)32-2/h5,7-10,14-16,21,27H,3-4,6,11-13H2,1-2H3,(H,25,29). The maximum Gasteiger partial charge on any atom is 0.261 e. The number of benzene rings is 2. The Labute approximate surface area is 204 Å². The second kappa shape index (κ2) is 12.0. The molecule has 34 heavy (non-hydrogen) atoms. The predicted molar refractivity (Wildman–Crippen MR) is 136 cm³/mol. The number of unbranched alkanes of at least 4 members (excludes halogenated alkanes) is 1. The van der Waals surface area contributed by atoms with Gasteiger partial charge in [0.05, 0.1) is 23.4 Å². The van der Waals surface area contributed by atoms with E-state index in [0.29, 0.717) is 23.7 Å². The molecule has 3 rings (SSSR count). The van der Waals surface area contributed by atoms with Crippen molar-refractivity contribution in [2.45, 2.75) is 31.1 Å². The Hall–Kier alpha value is -2.85. The van der Waals surface area contributed by atoms with Crippen LogP contribution in [0.1, 0.15) is 36.5 Å². The topological polar surface area (TPSA) is 114 Å². The van der Waals surface area contributed by atoms with Crippen molar-refractivity contribution in [3.8, 4) is 5.75 Å². The second-order valence-corrected chi connectivity index (χ2v) is 10.7. The van der Waals surface area contributed by atoms with Crippen LogP contribution in [0, 0.1) is 5.92 Å². The van der Waals surface area contributed by atoms with Crippen LogP contribution >= 0.6 is 11.8 Å². The van der Waals surface area contributed by atoms with Crippen molar-refractivity contribution in [2.75, 3.05) is 29.9 Å². The number of ether oxygens (including phenoxy) is 1. The Kier molecular flexibility index (Phi) is 9.12. The monoisotopic (exact) mass is 503 g/mol. The zero-order valence-corrected chi connectivity index (χ0v) is 20.9. The van der Waals surface area contributed by atoms with Crippen molar-refractivity contribution < 1.29 is 22.7 Å². The molecular formula is C24H29N3O5S2. The first-order valence-corrected chi connectivity index (χ1v) is 13.7. The Morgan fingerprint density at radius 1 is 1.15 bits per heavy atom. The lowest BCUT2D eigenvalue weighted by Gasteiger charge is -2.18. The van der Waals surface area contributed by atoms with Crippen molar-refractivity contribution in [2.24, 2.45) is 10.9 Å². The van der Waals surface area contributed by atoms with Gasteiger partial charge in [-0.3, -0.25) is 19.3 Å². The number of fused-ring (bicyclic) bond motifs is 1. The molecule has 0 radical (unpaired) electrons. The number of carbonyl (C=O) groups excluding carboxylic acids is 2. The summed E-state index contributed by atoms with van der Waals surface area (Å²) in [5.41, 5.74) is 0.763. The van der Waals surface area contributed by atoms with Crippen molar-refractivity contribution >= 4 is 51.1 Å². The van der Waals surface area contributed by atoms with Crippen molar-refractivity contribution in [3.05, 3.63) is 48.0 Å². The number of anilines is 1. The fourth-order valence-electron chi connectivity index (χ4n) is 3.31. The van der Waals surface area contributed by atoms with Crippen molar-refractivity contribution in [1.82, 2.24) is 5.32 Å². The molecule has 1 atom stereocenters. The Morgan fingerprint density at radius 2 is 1.94 bits per heavy atom. The van der Waals surface area contributed by atoms with Gasteiger partial charge < -0.3 is 10.1 Å². The highest BCUT2D eigenvalue weighted by Gasteiger charge is 2.31. The number of carbonyl (C=O) groups is 2. The third-order valence-electron chi connectivity index (χ3n) is 5.20. The van der Waals surface area contributed by atoms with E-state index in [-0.39, 0.29) is 10.5 Å². The molecule has 8 nitrogen and oxygen atoms in total. The van der Waals surface area contributed by atoms with Gasteiger partial charge in [-0.1, -0.05) is 19.4 Å². The van der Waals surface area contributed by atoms with Gasteiger partial charge in [0.1, 0.15) is 11.7 Å². The lowest BCUT2D eigenvalue weighted by atomic mass is 9.94. The van der Waals surface area contributed by atoms with Gasteiger partial charge in [-0.15, -0.1) is 0 Å². The lowest BCUT2D eigenvalue weighted by Crippen LogP contribution is -2.38. The first-order chi connectivity index (χ1) is 16.4. The molecule has 0 bridgehead atoms. The molecule has 0 aromatic heterocycles. The SMILES string of the molecule is CCCCSCCCNC(=O)C1C=Nc2ccc(S(=O)(=O)Nc3cccc(OC)c3)cc2C1=O. The molecule has 10 heteroatoms. The second-order valence-electron chi connectivity index (χ2n) is 7.75. The summed E-state index contributed by atoms with van der Waals surface area (Å²) >= 11 is 1.85. The average Bonchev–Trinajstić information content (AvgIpc) is 2.83. The molecule has 1 aliphatic heterocycles. The fourth-order valence-corrected chi connectivity index (χ4v) is 5.43. The van der Waals surface area contributed by atoms with Crippen LogP contribution in [0.25, 0.3) is 0 Å². The molecule has 1 amide bonds. The van der Waals surface area contributed by atoms with Crippen LogP contribution in [0.5, 0.6) is 5.75 Å². The number of methoxy groups -OCH3 is 1. The first kappa shape index (κ1) is 25.8. The van der Waals surface area contributed by atoms with E-state index in [1.165, 1.54) is 37.9 Å². The van der Waals surface area contributed by atoms with E-state index in [1.807, 2.05) is 11.8 Å². The van der Waals surface area contributed by atoms with Gasteiger partial charge in [-0.05, 0) is 54.7 Å². The van der Waals surface area contributed by atoms with E-state index < -0.39 is 27.6 Å². The summed E-state index contributed by atoms with van der Waals surface area (Å²) in [6, 6.07) is 10.6. The molecule has 2 N–H and O–H groups in total. The van der Waals surface area contributed by atoms with Crippen LogP contribution in [0.15, 0.2) is 52.4 Å². The highest BCUT2D eigenvalue weighted by molar-refractivity contribution is 7.99. The van der Waals surface area contributed by atoms with Gasteiger partial charge in [0.15, 0.2) is 5.78 Å². The van der Waals surface area contributed by atoms with E-state index in [4.69, 9.17) is 4.74 Å². The number of hydrogen-bond acceptors (Lipinski definition) is 7. The maximum absolute atomic E-state index is 13.0. The smallest absolute Gasteiger partial charge is 0.261 e.